The van der Waals surface area contributed by atoms with Gasteiger partial charge in [0.15, 0.2) is 23.0 Å². The van der Waals surface area contributed by atoms with Crippen LogP contribution in [0.25, 0.3) is 0 Å². The first-order valence-corrected chi connectivity index (χ1v) is 10.3. The molecular formula is C24H27NO7. The maximum atomic E-state index is 13.2. The lowest BCUT2D eigenvalue weighted by atomic mass is 9.94. The van der Waals surface area contributed by atoms with Gasteiger partial charge in [-0.3, -0.25) is 9.59 Å². The van der Waals surface area contributed by atoms with E-state index in [2.05, 4.69) is 6.58 Å². The SMILES string of the molecule is C=CCOc1ccc(C2C(C(=O)c3ccc(C)o3)=C(O)C(=O)N2CCOC)cc1OCC. The van der Waals surface area contributed by atoms with Gasteiger partial charge in [-0.1, -0.05) is 18.7 Å². The van der Waals surface area contributed by atoms with Gasteiger partial charge in [-0.15, -0.1) is 0 Å². The van der Waals surface area contributed by atoms with Crippen molar-refractivity contribution in [2.75, 3.05) is 33.5 Å². The van der Waals surface area contributed by atoms with Crippen molar-refractivity contribution in [3.05, 3.63) is 71.4 Å². The summed E-state index contributed by atoms with van der Waals surface area (Å²) in [5.74, 6) is -0.249. The lowest BCUT2D eigenvalue weighted by Gasteiger charge is -2.27. The van der Waals surface area contributed by atoms with E-state index >= 15 is 0 Å². The Morgan fingerprint density at radius 1 is 1.25 bits per heavy atom. The molecule has 8 nitrogen and oxygen atoms in total. The summed E-state index contributed by atoms with van der Waals surface area (Å²) in [5, 5.41) is 10.7. The third kappa shape index (κ3) is 4.55. The highest BCUT2D eigenvalue weighted by Gasteiger charge is 2.44. The van der Waals surface area contributed by atoms with E-state index in [9.17, 15) is 14.7 Å². The fourth-order valence-corrected chi connectivity index (χ4v) is 3.57. The van der Waals surface area contributed by atoms with Crippen molar-refractivity contribution in [2.45, 2.75) is 19.9 Å². The second-order valence-electron chi connectivity index (χ2n) is 7.13. The largest absolute Gasteiger partial charge is 0.503 e. The lowest BCUT2D eigenvalue weighted by molar-refractivity contribution is -0.130. The van der Waals surface area contributed by atoms with Crippen LogP contribution in [-0.2, 0) is 9.53 Å². The Morgan fingerprint density at radius 3 is 2.66 bits per heavy atom. The minimum atomic E-state index is -0.844. The highest BCUT2D eigenvalue weighted by Crippen LogP contribution is 2.41. The molecule has 1 aromatic heterocycles. The standard InChI is InChI=1S/C24H27NO7/c1-5-12-31-17-10-8-16(14-19(17)30-6-2)21-20(22(26)18-9-7-15(3)32-18)23(27)24(28)25(21)11-13-29-4/h5,7-10,14,21,27H,1,6,11-13H2,2-4H3. The number of carbonyl (C=O) groups excluding carboxylic acids is 2. The number of amides is 1. The number of aliphatic hydroxyl groups is 1. The van der Waals surface area contributed by atoms with E-state index in [1.165, 1.54) is 18.1 Å². The van der Waals surface area contributed by atoms with Crippen LogP contribution in [0.15, 0.2) is 58.7 Å². The summed E-state index contributed by atoms with van der Waals surface area (Å²) in [7, 11) is 1.51. The minimum absolute atomic E-state index is 0.0476. The van der Waals surface area contributed by atoms with Crippen molar-refractivity contribution in [1.82, 2.24) is 4.90 Å². The first-order chi connectivity index (χ1) is 15.4. The number of ether oxygens (including phenoxy) is 3. The summed E-state index contributed by atoms with van der Waals surface area (Å²) in [6, 6.07) is 7.48. The molecule has 8 heteroatoms. The molecular weight excluding hydrogens is 414 g/mol. The van der Waals surface area contributed by atoms with E-state index in [1.807, 2.05) is 6.92 Å². The zero-order valence-electron chi connectivity index (χ0n) is 18.4. The number of hydrogen-bond acceptors (Lipinski definition) is 7. The molecule has 1 aliphatic rings. The molecule has 170 valence electrons. The fraction of sp³-hybridized carbons (Fsp3) is 0.333. The molecule has 0 aliphatic carbocycles. The van der Waals surface area contributed by atoms with Gasteiger partial charge in [-0.2, -0.15) is 0 Å². The van der Waals surface area contributed by atoms with Crippen molar-refractivity contribution >= 4 is 11.7 Å². The van der Waals surface area contributed by atoms with Crippen molar-refractivity contribution < 1.29 is 33.3 Å². The Bertz CT molecular complexity index is 1040. The van der Waals surface area contributed by atoms with Gasteiger partial charge in [0.05, 0.1) is 24.8 Å². The van der Waals surface area contributed by atoms with Crippen molar-refractivity contribution in [2.24, 2.45) is 0 Å². The molecule has 2 heterocycles. The highest BCUT2D eigenvalue weighted by atomic mass is 16.5. The van der Waals surface area contributed by atoms with Gasteiger partial charge in [0.2, 0.25) is 5.78 Å². The molecule has 0 bridgehead atoms. The molecule has 0 saturated carbocycles. The molecule has 1 N–H and O–H groups in total. The van der Waals surface area contributed by atoms with Crippen LogP contribution in [0.4, 0.5) is 0 Å². The maximum absolute atomic E-state index is 13.2. The first kappa shape index (κ1) is 23.1. The van der Waals surface area contributed by atoms with Gasteiger partial charge in [0.1, 0.15) is 12.4 Å². The molecule has 0 spiro atoms. The average molecular weight is 441 g/mol. The Morgan fingerprint density at radius 2 is 2.03 bits per heavy atom. The van der Waals surface area contributed by atoms with Crippen LogP contribution in [0.5, 0.6) is 11.5 Å². The van der Waals surface area contributed by atoms with Crippen LogP contribution in [0.1, 0.15) is 34.8 Å². The monoisotopic (exact) mass is 441 g/mol. The number of rotatable bonds is 11. The fourth-order valence-electron chi connectivity index (χ4n) is 3.57. The van der Waals surface area contributed by atoms with Gasteiger partial charge >= 0.3 is 0 Å². The number of nitrogens with zero attached hydrogens (tertiary/aromatic N) is 1. The summed E-state index contributed by atoms with van der Waals surface area (Å²) < 4.78 is 22.0. The zero-order chi connectivity index (χ0) is 23.3. The van der Waals surface area contributed by atoms with Crippen LogP contribution < -0.4 is 9.47 Å². The molecule has 1 amide bonds. The average Bonchev–Trinajstić information content (AvgIpc) is 3.32. The number of aliphatic hydroxyl groups excluding tert-OH is 1. The smallest absolute Gasteiger partial charge is 0.290 e. The van der Waals surface area contributed by atoms with Crippen LogP contribution in [0.2, 0.25) is 0 Å². The molecule has 0 saturated heterocycles. The lowest BCUT2D eigenvalue weighted by Crippen LogP contribution is -2.34. The summed E-state index contributed by atoms with van der Waals surface area (Å²) in [5.41, 5.74) is 0.530. The zero-order valence-corrected chi connectivity index (χ0v) is 18.4. The topological polar surface area (TPSA) is 98.4 Å². The summed E-state index contributed by atoms with van der Waals surface area (Å²) >= 11 is 0. The number of carbonyl (C=O) groups is 2. The van der Waals surface area contributed by atoms with Crippen molar-refractivity contribution in [3.63, 3.8) is 0 Å². The predicted octanol–water partition coefficient (Wildman–Crippen LogP) is 3.78. The van der Waals surface area contributed by atoms with E-state index in [1.54, 1.807) is 37.3 Å². The number of hydrogen-bond donors (Lipinski definition) is 1. The summed E-state index contributed by atoms with van der Waals surface area (Å²) in [6.45, 7) is 8.29. The molecule has 32 heavy (non-hydrogen) atoms. The van der Waals surface area contributed by atoms with E-state index in [4.69, 9.17) is 18.6 Å². The molecule has 2 aromatic rings. The summed E-state index contributed by atoms with van der Waals surface area (Å²) in [4.78, 5) is 27.5. The van der Waals surface area contributed by atoms with Gasteiger partial charge in [-0.25, -0.2) is 0 Å². The van der Waals surface area contributed by atoms with Crippen LogP contribution in [-0.4, -0.2) is 55.2 Å². The number of methoxy groups -OCH3 is 1. The van der Waals surface area contributed by atoms with Gasteiger partial charge in [0, 0.05) is 13.7 Å². The van der Waals surface area contributed by atoms with Crippen molar-refractivity contribution in [1.29, 1.82) is 0 Å². The Kier molecular flexibility index (Phi) is 7.37. The number of furan rings is 1. The molecule has 3 rings (SSSR count). The molecule has 1 aromatic carbocycles. The van der Waals surface area contributed by atoms with E-state index in [-0.39, 0.29) is 24.5 Å². The summed E-state index contributed by atoms with van der Waals surface area (Å²) in [6.07, 6.45) is 1.62. The van der Waals surface area contributed by atoms with Crippen LogP contribution in [0, 0.1) is 6.92 Å². The predicted molar refractivity (Wildman–Crippen MR) is 117 cm³/mol. The quantitative estimate of drug-likeness (QED) is 0.419. The van der Waals surface area contributed by atoms with Crippen LogP contribution in [0.3, 0.4) is 0 Å². The third-order valence-corrected chi connectivity index (χ3v) is 4.99. The van der Waals surface area contributed by atoms with E-state index < -0.39 is 23.5 Å². The van der Waals surface area contributed by atoms with Gasteiger partial charge in [-0.05, 0) is 43.7 Å². The number of Topliss-reactive ketones (excluding diaryl/α,β-unsaturated/α-hetero) is 1. The first-order valence-electron chi connectivity index (χ1n) is 10.3. The number of ketones is 1. The Balaban J connectivity index is 2.09. The van der Waals surface area contributed by atoms with Crippen LogP contribution >= 0.6 is 0 Å². The minimum Gasteiger partial charge on any atom is -0.503 e. The second-order valence-corrected chi connectivity index (χ2v) is 7.13. The third-order valence-electron chi connectivity index (χ3n) is 4.99. The van der Waals surface area contributed by atoms with E-state index in [0.29, 0.717) is 36.0 Å². The normalized spacial score (nSPS) is 15.9. The van der Waals surface area contributed by atoms with Gasteiger partial charge < -0.3 is 28.6 Å². The number of benzene rings is 1. The highest BCUT2D eigenvalue weighted by molar-refractivity contribution is 6.15. The molecule has 0 radical (unpaired) electrons. The Hall–Kier alpha value is -3.52. The molecule has 1 atom stereocenters. The Labute approximate surface area is 186 Å². The molecule has 0 fully saturated rings. The molecule has 1 aliphatic heterocycles. The second kappa shape index (κ2) is 10.2. The number of aryl methyl sites for hydroxylation is 1. The van der Waals surface area contributed by atoms with Crippen molar-refractivity contribution in [3.8, 4) is 11.5 Å². The maximum Gasteiger partial charge on any atom is 0.290 e. The van der Waals surface area contributed by atoms with Gasteiger partial charge in [0.25, 0.3) is 5.91 Å². The molecule has 1 unspecified atom stereocenters. The van der Waals surface area contributed by atoms with E-state index in [0.717, 1.165) is 0 Å².